The predicted octanol–water partition coefficient (Wildman–Crippen LogP) is 1.82. The van der Waals surface area contributed by atoms with Crippen molar-refractivity contribution in [3.63, 3.8) is 0 Å². The first-order chi connectivity index (χ1) is 6.16. The lowest BCUT2D eigenvalue weighted by atomic mass is 10.0. The number of primary amides is 1. The van der Waals surface area contributed by atoms with E-state index in [0.717, 1.165) is 10.2 Å². The van der Waals surface area contributed by atoms with E-state index in [-0.39, 0.29) is 11.8 Å². The molecule has 0 saturated heterocycles. The molecule has 1 aromatic rings. The Hall–Kier alpha value is -0.900. The maximum Gasteiger partial charge on any atom is 0.226 e. The first kappa shape index (κ1) is 10.2. The fourth-order valence-electron chi connectivity index (χ4n) is 1.18. The average molecular weight is 243 g/mol. The number of aromatic nitrogens is 1. The van der Waals surface area contributed by atoms with Crippen molar-refractivity contribution in [1.29, 1.82) is 0 Å². The van der Waals surface area contributed by atoms with Crippen molar-refractivity contribution in [1.82, 2.24) is 4.98 Å². The van der Waals surface area contributed by atoms with Crippen LogP contribution in [0.3, 0.4) is 0 Å². The molecule has 0 aliphatic heterocycles. The van der Waals surface area contributed by atoms with Crippen LogP contribution in [0.2, 0.25) is 0 Å². The molecule has 0 spiro atoms. The van der Waals surface area contributed by atoms with Crippen LogP contribution in [0.5, 0.6) is 0 Å². The molecule has 13 heavy (non-hydrogen) atoms. The first-order valence-corrected chi connectivity index (χ1v) is 4.85. The molecule has 1 rings (SSSR count). The zero-order valence-electron chi connectivity index (χ0n) is 7.33. The summed E-state index contributed by atoms with van der Waals surface area (Å²) in [6.45, 7) is 1.91. The Morgan fingerprint density at radius 1 is 1.77 bits per heavy atom. The van der Waals surface area contributed by atoms with Gasteiger partial charge in [-0.15, -0.1) is 0 Å². The highest BCUT2D eigenvalue weighted by atomic mass is 79.9. The Morgan fingerprint density at radius 2 is 2.46 bits per heavy atom. The summed E-state index contributed by atoms with van der Waals surface area (Å²) in [4.78, 5) is 15.2. The zero-order chi connectivity index (χ0) is 9.84. The summed E-state index contributed by atoms with van der Waals surface area (Å²) < 4.78 is 0.834. The number of carbonyl (C=O) groups excluding carboxylic acids is 1. The topological polar surface area (TPSA) is 56.0 Å². The van der Waals surface area contributed by atoms with Gasteiger partial charge in [0, 0.05) is 10.7 Å². The van der Waals surface area contributed by atoms with Gasteiger partial charge in [0.15, 0.2) is 0 Å². The Morgan fingerprint density at radius 3 is 2.92 bits per heavy atom. The fourth-order valence-corrected chi connectivity index (χ4v) is 1.71. The average Bonchev–Trinajstić information content (AvgIpc) is 2.09. The van der Waals surface area contributed by atoms with E-state index >= 15 is 0 Å². The van der Waals surface area contributed by atoms with Crippen LogP contribution in [-0.2, 0) is 4.79 Å². The minimum atomic E-state index is -0.332. The number of hydrogen-bond donors (Lipinski definition) is 1. The SMILES string of the molecule is CCC(C(N)=O)c1ncccc1Br. The van der Waals surface area contributed by atoms with Crippen LogP contribution in [0, 0.1) is 0 Å². The van der Waals surface area contributed by atoms with Gasteiger partial charge >= 0.3 is 0 Å². The Bertz CT molecular complexity index is 314. The lowest BCUT2D eigenvalue weighted by molar-refractivity contribution is -0.119. The molecule has 1 amide bonds. The number of carbonyl (C=O) groups is 1. The number of hydrogen-bond acceptors (Lipinski definition) is 2. The molecule has 3 nitrogen and oxygen atoms in total. The molecule has 1 aromatic heterocycles. The van der Waals surface area contributed by atoms with Gasteiger partial charge in [-0.3, -0.25) is 9.78 Å². The third-order valence-corrected chi connectivity index (χ3v) is 2.54. The molecule has 70 valence electrons. The van der Waals surface area contributed by atoms with E-state index in [9.17, 15) is 4.79 Å². The van der Waals surface area contributed by atoms with Gasteiger partial charge in [-0.2, -0.15) is 0 Å². The van der Waals surface area contributed by atoms with E-state index < -0.39 is 0 Å². The predicted molar refractivity (Wildman–Crippen MR) is 54.2 cm³/mol. The van der Waals surface area contributed by atoms with E-state index in [4.69, 9.17) is 5.73 Å². The second-order valence-electron chi connectivity index (χ2n) is 2.73. The first-order valence-electron chi connectivity index (χ1n) is 4.06. The van der Waals surface area contributed by atoms with E-state index in [1.54, 1.807) is 12.3 Å². The number of halogens is 1. The summed E-state index contributed by atoms with van der Waals surface area (Å²) in [6, 6.07) is 3.66. The molecule has 0 aromatic carbocycles. The van der Waals surface area contributed by atoms with E-state index in [0.29, 0.717) is 6.42 Å². The van der Waals surface area contributed by atoms with Crippen LogP contribution in [0.1, 0.15) is 25.0 Å². The molecule has 0 saturated carbocycles. The van der Waals surface area contributed by atoms with Crippen molar-refractivity contribution in [2.24, 2.45) is 5.73 Å². The third-order valence-electron chi connectivity index (χ3n) is 1.87. The van der Waals surface area contributed by atoms with Crippen molar-refractivity contribution in [2.45, 2.75) is 19.3 Å². The van der Waals surface area contributed by atoms with Gasteiger partial charge in [0.2, 0.25) is 5.91 Å². The number of nitrogens with two attached hydrogens (primary N) is 1. The quantitative estimate of drug-likeness (QED) is 0.880. The van der Waals surface area contributed by atoms with Crippen LogP contribution in [0.15, 0.2) is 22.8 Å². The van der Waals surface area contributed by atoms with Gasteiger partial charge in [0.25, 0.3) is 0 Å². The molecule has 1 unspecified atom stereocenters. The van der Waals surface area contributed by atoms with Gasteiger partial charge in [0.1, 0.15) is 0 Å². The Balaban J connectivity index is 3.04. The second kappa shape index (κ2) is 4.37. The minimum absolute atomic E-state index is 0.296. The molecule has 0 radical (unpaired) electrons. The van der Waals surface area contributed by atoms with Crippen LogP contribution in [0.4, 0.5) is 0 Å². The normalized spacial score (nSPS) is 12.5. The third kappa shape index (κ3) is 2.28. The van der Waals surface area contributed by atoms with Crippen molar-refractivity contribution in [3.8, 4) is 0 Å². The van der Waals surface area contributed by atoms with Gasteiger partial charge < -0.3 is 5.73 Å². The van der Waals surface area contributed by atoms with Crippen LogP contribution in [0.25, 0.3) is 0 Å². The Kier molecular flexibility index (Phi) is 3.42. The maximum atomic E-state index is 11.0. The van der Waals surface area contributed by atoms with Gasteiger partial charge in [-0.05, 0) is 34.5 Å². The van der Waals surface area contributed by atoms with Gasteiger partial charge in [0.05, 0.1) is 11.6 Å². The molecular weight excluding hydrogens is 232 g/mol. The molecule has 0 aliphatic carbocycles. The highest BCUT2D eigenvalue weighted by Gasteiger charge is 2.18. The molecule has 0 aliphatic rings. The summed E-state index contributed by atoms with van der Waals surface area (Å²) in [7, 11) is 0. The summed E-state index contributed by atoms with van der Waals surface area (Å²) in [5, 5.41) is 0. The van der Waals surface area contributed by atoms with Gasteiger partial charge in [-0.25, -0.2) is 0 Å². The molecule has 0 bridgehead atoms. The molecule has 4 heteroatoms. The van der Waals surface area contributed by atoms with Crippen molar-refractivity contribution in [2.75, 3.05) is 0 Å². The summed E-state index contributed by atoms with van der Waals surface area (Å²) >= 11 is 3.34. The van der Waals surface area contributed by atoms with Crippen molar-refractivity contribution in [3.05, 3.63) is 28.5 Å². The summed E-state index contributed by atoms with van der Waals surface area (Å²) in [5.41, 5.74) is 5.97. The van der Waals surface area contributed by atoms with Gasteiger partial charge in [-0.1, -0.05) is 6.92 Å². The number of amides is 1. The zero-order valence-corrected chi connectivity index (χ0v) is 8.91. The standard InChI is InChI=1S/C9H11BrN2O/c1-2-6(9(11)13)8-7(10)4-3-5-12-8/h3-6H,2H2,1H3,(H2,11,13). The lowest BCUT2D eigenvalue weighted by Crippen LogP contribution is -2.21. The number of rotatable bonds is 3. The van der Waals surface area contributed by atoms with E-state index in [2.05, 4.69) is 20.9 Å². The van der Waals surface area contributed by atoms with Crippen LogP contribution in [-0.4, -0.2) is 10.9 Å². The fraction of sp³-hybridized carbons (Fsp3) is 0.333. The largest absolute Gasteiger partial charge is 0.369 e. The van der Waals surface area contributed by atoms with E-state index in [1.165, 1.54) is 0 Å². The Labute approximate surface area is 85.5 Å². The highest BCUT2D eigenvalue weighted by Crippen LogP contribution is 2.24. The second-order valence-corrected chi connectivity index (χ2v) is 3.59. The molecule has 1 atom stereocenters. The minimum Gasteiger partial charge on any atom is -0.369 e. The molecular formula is C9H11BrN2O. The number of pyridine rings is 1. The molecule has 0 fully saturated rings. The molecule has 2 N–H and O–H groups in total. The lowest BCUT2D eigenvalue weighted by Gasteiger charge is -2.10. The van der Waals surface area contributed by atoms with Crippen LogP contribution >= 0.6 is 15.9 Å². The van der Waals surface area contributed by atoms with Crippen LogP contribution < -0.4 is 5.73 Å². The van der Waals surface area contributed by atoms with Crippen molar-refractivity contribution >= 4 is 21.8 Å². The summed E-state index contributed by atoms with van der Waals surface area (Å²) in [5.74, 6) is -0.627. The monoisotopic (exact) mass is 242 g/mol. The summed E-state index contributed by atoms with van der Waals surface area (Å²) in [6.07, 6.45) is 2.33. The van der Waals surface area contributed by atoms with E-state index in [1.807, 2.05) is 13.0 Å². The van der Waals surface area contributed by atoms with Crippen molar-refractivity contribution < 1.29 is 4.79 Å². The highest BCUT2D eigenvalue weighted by molar-refractivity contribution is 9.10. The maximum absolute atomic E-state index is 11.0. The molecule has 1 heterocycles. The number of nitrogens with zero attached hydrogens (tertiary/aromatic N) is 1. The smallest absolute Gasteiger partial charge is 0.226 e.